The number of rotatable bonds is 16. The zero-order valence-electron chi connectivity index (χ0n) is 15.1. The van der Waals surface area contributed by atoms with Gasteiger partial charge in [-0.2, -0.15) is 0 Å². The van der Waals surface area contributed by atoms with E-state index in [1.165, 1.54) is 44.9 Å². The third-order valence-electron chi connectivity index (χ3n) is 3.90. The summed E-state index contributed by atoms with van der Waals surface area (Å²) in [7, 11) is 0. The van der Waals surface area contributed by atoms with Crippen LogP contribution in [0.15, 0.2) is 36.5 Å². The SMILES string of the molecule is CC/C=C\C/C=C\C/C=C\CCCCCCCCOCC1CO1. The van der Waals surface area contributed by atoms with E-state index in [0.29, 0.717) is 6.10 Å². The molecule has 1 atom stereocenters. The number of allylic oxidation sites excluding steroid dienone is 6. The van der Waals surface area contributed by atoms with Crippen LogP contribution in [-0.4, -0.2) is 25.9 Å². The van der Waals surface area contributed by atoms with E-state index in [9.17, 15) is 0 Å². The van der Waals surface area contributed by atoms with Gasteiger partial charge in [0, 0.05) is 6.61 Å². The van der Waals surface area contributed by atoms with Gasteiger partial charge in [0.25, 0.3) is 0 Å². The summed E-state index contributed by atoms with van der Waals surface area (Å²) < 4.78 is 10.6. The summed E-state index contributed by atoms with van der Waals surface area (Å²) in [6.07, 6.45) is 26.4. The highest BCUT2D eigenvalue weighted by molar-refractivity contribution is 4.96. The van der Waals surface area contributed by atoms with Gasteiger partial charge in [-0.05, 0) is 38.5 Å². The minimum atomic E-state index is 0.413. The molecule has 1 heterocycles. The smallest absolute Gasteiger partial charge is 0.104 e. The van der Waals surface area contributed by atoms with Gasteiger partial charge in [-0.3, -0.25) is 0 Å². The molecule has 1 fully saturated rings. The third kappa shape index (κ3) is 15.8. The first-order valence-electron chi connectivity index (χ1n) is 9.57. The number of unbranched alkanes of at least 4 members (excludes halogenated alkanes) is 6. The van der Waals surface area contributed by atoms with E-state index in [2.05, 4.69) is 43.4 Å². The van der Waals surface area contributed by atoms with Gasteiger partial charge < -0.3 is 9.47 Å². The summed E-state index contributed by atoms with van der Waals surface area (Å²) in [5, 5.41) is 0. The first-order valence-corrected chi connectivity index (χ1v) is 9.57. The highest BCUT2D eigenvalue weighted by Crippen LogP contribution is 2.10. The van der Waals surface area contributed by atoms with Gasteiger partial charge in [-0.25, -0.2) is 0 Å². The maximum absolute atomic E-state index is 5.53. The highest BCUT2D eigenvalue weighted by Gasteiger charge is 2.21. The van der Waals surface area contributed by atoms with Crippen molar-refractivity contribution in [3.63, 3.8) is 0 Å². The average molecular weight is 321 g/mol. The Morgan fingerprint density at radius 1 is 0.826 bits per heavy atom. The van der Waals surface area contributed by atoms with Crippen LogP contribution in [0.3, 0.4) is 0 Å². The molecule has 0 bridgehead atoms. The number of ether oxygens (including phenoxy) is 2. The fourth-order valence-electron chi connectivity index (χ4n) is 2.38. The molecule has 1 aliphatic rings. The molecule has 0 amide bonds. The molecule has 0 aliphatic carbocycles. The topological polar surface area (TPSA) is 21.8 Å². The van der Waals surface area contributed by atoms with Crippen molar-refractivity contribution in [1.29, 1.82) is 0 Å². The van der Waals surface area contributed by atoms with Crippen molar-refractivity contribution in [2.45, 2.75) is 77.2 Å². The van der Waals surface area contributed by atoms with Crippen LogP contribution >= 0.6 is 0 Å². The van der Waals surface area contributed by atoms with Crippen LogP contribution in [0, 0.1) is 0 Å². The standard InChI is InChI=1S/C21H36O2/c1-2-3-4-5-6-7-8-9-10-11-12-13-14-15-16-17-18-22-19-21-20-23-21/h3-4,6-7,9-10,21H,2,5,8,11-20H2,1H3/b4-3-,7-6-,10-9-. The number of hydrogen-bond acceptors (Lipinski definition) is 2. The predicted molar refractivity (Wildman–Crippen MR) is 99.8 cm³/mol. The minimum Gasteiger partial charge on any atom is -0.379 e. The molecule has 0 saturated carbocycles. The molecule has 1 rings (SSSR count). The normalized spacial score (nSPS) is 17.9. The maximum atomic E-state index is 5.53. The Hall–Kier alpha value is -0.860. The predicted octanol–water partition coefficient (Wildman–Crippen LogP) is 5.99. The molecule has 0 radical (unpaired) electrons. The van der Waals surface area contributed by atoms with Crippen LogP contribution in [-0.2, 0) is 9.47 Å². The molecule has 1 saturated heterocycles. The van der Waals surface area contributed by atoms with Gasteiger partial charge in [0.05, 0.1) is 13.2 Å². The number of epoxide rings is 1. The quantitative estimate of drug-likeness (QED) is 0.198. The maximum Gasteiger partial charge on any atom is 0.104 e. The monoisotopic (exact) mass is 320 g/mol. The third-order valence-corrected chi connectivity index (χ3v) is 3.90. The molecule has 1 unspecified atom stereocenters. The first kappa shape index (κ1) is 20.2. The summed E-state index contributed by atoms with van der Waals surface area (Å²) in [4.78, 5) is 0. The van der Waals surface area contributed by atoms with Crippen molar-refractivity contribution in [2.24, 2.45) is 0 Å². The van der Waals surface area contributed by atoms with Gasteiger partial charge >= 0.3 is 0 Å². The highest BCUT2D eigenvalue weighted by atomic mass is 16.6. The Kier molecular flexibility index (Phi) is 14.1. The summed E-state index contributed by atoms with van der Waals surface area (Å²) in [5.41, 5.74) is 0. The molecule has 2 heteroatoms. The van der Waals surface area contributed by atoms with Crippen molar-refractivity contribution in [1.82, 2.24) is 0 Å². The Balaban J connectivity index is 1.71. The Morgan fingerprint density at radius 2 is 1.43 bits per heavy atom. The van der Waals surface area contributed by atoms with Crippen LogP contribution in [0.25, 0.3) is 0 Å². The van der Waals surface area contributed by atoms with E-state index >= 15 is 0 Å². The van der Waals surface area contributed by atoms with Crippen LogP contribution < -0.4 is 0 Å². The van der Waals surface area contributed by atoms with E-state index in [-0.39, 0.29) is 0 Å². The van der Waals surface area contributed by atoms with Gasteiger partial charge in [0.15, 0.2) is 0 Å². The van der Waals surface area contributed by atoms with Crippen molar-refractivity contribution < 1.29 is 9.47 Å². The molecule has 1 aliphatic heterocycles. The average Bonchev–Trinajstić information content (AvgIpc) is 3.38. The second kappa shape index (κ2) is 16.0. The second-order valence-electron chi connectivity index (χ2n) is 6.23. The molecule has 0 N–H and O–H groups in total. The fourth-order valence-corrected chi connectivity index (χ4v) is 2.38. The Morgan fingerprint density at radius 3 is 2.13 bits per heavy atom. The summed E-state index contributed by atoms with van der Waals surface area (Å²) in [6, 6.07) is 0. The minimum absolute atomic E-state index is 0.413. The lowest BCUT2D eigenvalue weighted by Gasteiger charge is -2.02. The van der Waals surface area contributed by atoms with Crippen molar-refractivity contribution >= 4 is 0 Å². The van der Waals surface area contributed by atoms with Crippen LogP contribution in [0.2, 0.25) is 0 Å². The molecule has 2 nitrogen and oxygen atoms in total. The van der Waals surface area contributed by atoms with Crippen LogP contribution in [0.5, 0.6) is 0 Å². The lowest BCUT2D eigenvalue weighted by Crippen LogP contribution is -2.02. The van der Waals surface area contributed by atoms with Gasteiger partial charge in [-0.15, -0.1) is 0 Å². The summed E-state index contributed by atoms with van der Waals surface area (Å²) in [6.45, 7) is 4.78. The van der Waals surface area contributed by atoms with Gasteiger partial charge in [0.1, 0.15) is 6.10 Å². The largest absolute Gasteiger partial charge is 0.379 e. The molecular formula is C21H36O2. The van der Waals surface area contributed by atoms with E-state index in [1.807, 2.05) is 0 Å². The molecule has 0 spiro atoms. The molecule has 0 aromatic heterocycles. The van der Waals surface area contributed by atoms with Crippen LogP contribution in [0.1, 0.15) is 71.1 Å². The van der Waals surface area contributed by atoms with Crippen molar-refractivity contribution in [3.05, 3.63) is 36.5 Å². The summed E-state index contributed by atoms with van der Waals surface area (Å²) in [5.74, 6) is 0. The van der Waals surface area contributed by atoms with Gasteiger partial charge in [0.2, 0.25) is 0 Å². The van der Waals surface area contributed by atoms with Crippen molar-refractivity contribution in [3.8, 4) is 0 Å². The lowest BCUT2D eigenvalue weighted by molar-refractivity contribution is 0.113. The molecule has 0 aromatic rings. The molecule has 23 heavy (non-hydrogen) atoms. The van der Waals surface area contributed by atoms with Gasteiger partial charge in [-0.1, -0.05) is 69.1 Å². The fraction of sp³-hybridized carbons (Fsp3) is 0.714. The first-order chi connectivity index (χ1) is 11.4. The van der Waals surface area contributed by atoms with E-state index in [0.717, 1.165) is 39.1 Å². The molecular weight excluding hydrogens is 284 g/mol. The Bertz CT molecular complexity index is 327. The summed E-state index contributed by atoms with van der Waals surface area (Å²) >= 11 is 0. The van der Waals surface area contributed by atoms with E-state index in [1.54, 1.807) is 0 Å². The lowest BCUT2D eigenvalue weighted by atomic mass is 10.1. The zero-order chi connectivity index (χ0) is 16.4. The zero-order valence-corrected chi connectivity index (χ0v) is 15.1. The van der Waals surface area contributed by atoms with Crippen LogP contribution in [0.4, 0.5) is 0 Å². The molecule has 132 valence electrons. The number of hydrogen-bond donors (Lipinski definition) is 0. The molecule has 0 aromatic carbocycles. The second-order valence-corrected chi connectivity index (χ2v) is 6.23. The Labute approximate surface area is 143 Å². The van der Waals surface area contributed by atoms with Crippen molar-refractivity contribution in [2.75, 3.05) is 19.8 Å². The van der Waals surface area contributed by atoms with E-state index in [4.69, 9.17) is 9.47 Å². The van der Waals surface area contributed by atoms with E-state index < -0.39 is 0 Å².